The quantitative estimate of drug-likeness (QED) is 0.672. The largest absolute Gasteiger partial charge is 0.480 e. The average Bonchev–Trinajstić information content (AvgIpc) is 2.63. The van der Waals surface area contributed by atoms with Gasteiger partial charge in [-0.15, -0.1) is 11.8 Å². The first-order valence-electron chi connectivity index (χ1n) is 9.14. The van der Waals surface area contributed by atoms with Crippen LogP contribution >= 0.6 is 11.8 Å². The van der Waals surface area contributed by atoms with Gasteiger partial charge in [-0.3, -0.25) is 9.59 Å². The van der Waals surface area contributed by atoms with Crippen molar-refractivity contribution >= 4 is 23.6 Å². The van der Waals surface area contributed by atoms with Crippen LogP contribution in [0.5, 0.6) is 0 Å². The number of nitrogens with one attached hydrogen (secondary N) is 1. The highest BCUT2D eigenvalue weighted by molar-refractivity contribution is 8.00. The second kappa shape index (κ2) is 8.44. The zero-order chi connectivity index (χ0) is 19.5. The highest BCUT2D eigenvalue weighted by Gasteiger charge is 2.58. The number of carbonyl (C=O) groups is 2. The van der Waals surface area contributed by atoms with Crippen LogP contribution in [0.4, 0.5) is 0 Å². The maximum Gasteiger partial charge on any atom is 0.316 e. The highest BCUT2D eigenvalue weighted by atomic mass is 32.2. The summed E-state index contributed by atoms with van der Waals surface area (Å²) in [6, 6.07) is 7.23. The minimum Gasteiger partial charge on any atom is -0.480 e. The zero-order valence-electron chi connectivity index (χ0n) is 16.1. The van der Waals surface area contributed by atoms with Crippen LogP contribution in [-0.2, 0) is 9.53 Å². The maximum absolute atomic E-state index is 13.0. The van der Waals surface area contributed by atoms with Crippen LogP contribution < -0.4 is 5.32 Å². The van der Waals surface area contributed by atoms with Crippen molar-refractivity contribution in [1.82, 2.24) is 5.32 Å². The van der Waals surface area contributed by atoms with Gasteiger partial charge in [0.05, 0.1) is 11.7 Å². The molecule has 0 bridgehead atoms. The van der Waals surface area contributed by atoms with Gasteiger partial charge in [-0.05, 0) is 31.9 Å². The number of hydrogen-bond donors (Lipinski definition) is 2. The number of rotatable bonds is 8. The number of methoxy groups -OCH3 is 1. The first-order chi connectivity index (χ1) is 12.3. The second-order valence-corrected chi connectivity index (χ2v) is 8.38. The minimum absolute atomic E-state index is 0.0462. The van der Waals surface area contributed by atoms with Gasteiger partial charge in [0.1, 0.15) is 5.25 Å². The average molecular weight is 380 g/mol. The Morgan fingerprint density at radius 1 is 1.31 bits per heavy atom. The Morgan fingerprint density at radius 3 is 2.46 bits per heavy atom. The first kappa shape index (κ1) is 20.8. The Labute approximate surface area is 159 Å². The standard InChI is InChI=1S/C20H29NO4S/c1-6-20(7-2)16(12(3)17(20)25-5)21-18(22)14-10-8-9-11-15(14)26-13(4)19(23)24/h8-13,16-17H,6-7H2,1-5H3,(H,21,22)(H,23,24). The lowest BCUT2D eigenvalue weighted by molar-refractivity contribution is -0.164. The summed E-state index contributed by atoms with van der Waals surface area (Å²) in [6.07, 6.45) is 2.01. The molecule has 1 aliphatic carbocycles. The van der Waals surface area contributed by atoms with E-state index in [1.54, 1.807) is 32.2 Å². The summed E-state index contributed by atoms with van der Waals surface area (Å²) in [7, 11) is 1.73. The van der Waals surface area contributed by atoms with Crippen molar-refractivity contribution in [1.29, 1.82) is 0 Å². The summed E-state index contributed by atoms with van der Waals surface area (Å²) in [5.41, 5.74) is 0.472. The smallest absolute Gasteiger partial charge is 0.316 e. The molecule has 1 fully saturated rings. The predicted molar refractivity (Wildman–Crippen MR) is 104 cm³/mol. The molecule has 1 amide bonds. The fourth-order valence-electron chi connectivity index (χ4n) is 4.31. The topological polar surface area (TPSA) is 75.6 Å². The Balaban J connectivity index is 2.21. The molecule has 0 aromatic heterocycles. The van der Waals surface area contributed by atoms with Crippen LogP contribution in [0.25, 0.3) is 0 Å². The molecule has 1 saturated carbocycles. The van der Waals surface area contributed by atoms with Crippen LogP contribution in [0.2, 0.25) is 0 Å². The molecule has 1 aliphatic rings. The fourth-order valence-corrected chi connectivity index (χ4v) is 5.24. The Kier molecular flexibility index (Phi) is 6.74. The van der Waals surface area contributed by atoms with E-state index in [-0.39, 0.29) is 29.4 Å². The van der Waals surface area contributed by atoms with Gasteiger partial charge in [0.25, 0.3) is 5.91 Å². The van der Waals surface area contributed by atoms with Gasteiger partial charge in [-0.25, -0.2) is 0 Å². The third kappa shape index (κ3) is 3.62. The number of amides is 1. The molecular weight excluding hydrogens is 350 g/mol. The van der Waals surface area contributed by atoms with Crippen molar-refractivity contribution in [2.75, 3.05) is 7.11 Å². The number of ether oxygens (including phenoxy) is 1. The molecule has 0 radical (unpaired) electrons. The summed E-state index contributed by atoms with van der Waals surface area (Å²) in [5.74, 6) is -0.804. The maximum atomic E-state index is 13.0. The Morgan fingerprint density at radius 2 is 1.92 bits per heavy atom. The third-order valence-electron chi connectivity index (χ3n) is 5.83. The van der Waals surface area contributed by atoms with Gasteiger partial charge in [-0.1, -0.05) is 32.9 Å². The van der Waals surface area contributed by atoms with Crippen LogP contribution in [0.1, 0.15) is 50.9 Å². The lowest BCUT2D eigenvalue weighted by Crippen LogP contribution is -2.70. The molecule has 6 heteroatoms. The number of carbonyl (C=O) groups excluding carboxylic acids is 1. The van der Waals surface area contributed by atoms with E-state index >= 15 is 0 Å². The van der Waals surface area contributed by atoms with Gasteiger partial charge in [-0.2, -0.15) is 0 Å². The molecule has 0 heterocycles. The number of hydrogen-bond acceptors (Lipinski definition) is 4. The van der Waals surface area contributed by atoms with E-state index in [4.69, 9.17) is 9.84 Å². The fraction of sp³-hybridized carbons (Fsp3) is 0.600. The molecule has 2 rings (SSSR count). The highest BCUT2D eigenvalue weighted by Crippen LogP contribution is 2.52. The van der Waals surface area contributed by atoms with Crippen LogP contribution in [0.15, 0.2) is 29.2 Å². The van der Waals surface area contributed by atoms with E-state index in [9.17, 15) is 9.59 Å². The second-order valence-electron chi connectivity index (χ2n) is 7.00. The molecule has 0 aliphatic heterocycles. The summed E-state index contributed by atoms with van der Waals surface area (Å²) in [4.78, 5) is 24.8. The van der Waals surface area contributed by atoms with Crippen LogP contribution in [-0.4, -0.2) is 41.5 Å². The number of carboxylic acid groups (broad SMARTS) is 1. The molecule has 1 aromatic rings. The van der Waals surface area contributed by atoms with E-state index in [1.807, 2.05) is 6.07 Å². The van der Waals surface area contributed by atoms with Crippen LogP contribution in [0.3, 0.4) is 0 Å². The lowest BCUT2D eigenvalue weighted by Gasteiger charge is -2.59. The van der Waals surface area contributed by atoms with Crippen molar-refractivity contribution < 1.29 is 19.4 Å². The summed E-state index contributed by atoms with van der Waals surface area (Å²) in [6.45, 7) is 8.01. The van der Waals surface area contributed by atoms with Crippen LogP contribution in [0, 0.1) is 11.3 Å². The van der Waals surface area contributed by atoms with Crippen molar-refractivity contribution in [3.63, 3.8) is 0 Å². The summed E-state index contributed by atoms with van der Waals surface area (Å²) >= 11 is 1.19. The van der Waals surface area contributed by atoms with Gasteiger partial charge in [0, 0.05) is 29.4 Å². The molecule has 26 heavy (non-hydrogen) atoms. The van der Waals surface area contributed by atoms with E-state index in [0.29, 0.717) is 10.5 Å². The van der Waals surface area contributed by atoms with E-state index in [2.05, 4.69) is 26.1 Å². The Bertz CT molecular complexity index is 659. The minimum atomic E-state index is -0.892. The van der Waals surface area contributed by atoms with Crippen molar-refractivity contribution in [3.05, 3.63) is 29.8 Å². The number of carboxylic acids is 1. The molecule has 1 aromatic carbocycles. The van der Waals surface area contributed by atoms with Crippen molar-refractivity contribution in [2.45, 2.75) is 62.8 Å². The Hall–Kier alpha value is -1.53. The first-order valence-corrected chi connectivity index (χ1v) is 10.0. The van der Waals surface area contributed by atoms with Crippen molar-refractivity contribution in [2.24, 2.45) is 11.3 Å². The summed E-state index contributed by atoms with van der Waals surface area (Å²) < 4.78 is 5.70. The van der Waals surface area contributed by atoms with Gasteiger partial charge in [0.2, 0.25) is 0 Å². The molecular formula is C20H29NO4S. The number of benzene rings is 1. The number of aliphatic carboxylic acids is 1. The van der Waals surface area contributed by atoms with E-state index in [0.717, 1.165) is 12.8 Å². The SMILES string of the molecule is CCC1(CC)C(NC(=O)c2ccccc2SC(C)C(=O)O)C(C)C1OC. The monoisotopic (exact) mass is 379 g/mol. The van der Waals surface area contributed by atoms with E-state index < -0.39 is 11.2 Å². The lowest BCUT2D eigenvalue weighted by atomic mass is 9.53. The van der Waals surface area contributed by atoms with E-state index in [1.165, 1.54) is 11.8 Å². The number of thioether (sulfide) groups is 1. The molecule has 4 unspecified atom stereocenters. The van der Waals surface area contributed by atoms with Crippen molar-refractivity contribution in [3.8, 4) is 0 Å². The summed E-state index contributed by atoms with van der Waals surface area (Å²) in [5, 5.41) is 11.7. The molecule has 2 N–H and O–H groups in total. The van der Waals surface area contributed by atoms with Gasteiger partial charge in [0.15, 0.2) is 0 Å². The molecule has 5 nitrogen and oxygen atoms in total. The molecule has 0 saturated heterocycles. The van der Waals surface area contributed by atoms with Gasteiger partial charge >= 0.3 is 5.97 Å². The normalized spacial score (nSPS) is 25.2. The zero-order valence-corrected chi connectivity index (χ0v) is 16.9. The third-order valence-corrected chi connectivity index (χ3v) is 6.99. The molecule has 144 valence electrons. The molecule has 4 atom stereocenters. The predicted octanol–water partition coefficient (Wildman–Crippen LogP) is 3.82. The molecule has 0 spiro atoms. The van der Waals surface area contributed by atoms with Gasteiger partial charge < -0.3 is 15.2 Å².